The fraction of sp³-hybridized carbons (Fsp3) is 0.857. The van der Waals surface area contributed by atoms with Crippen LogP contribution in [0, 0.1) is 5.92 Å². The van der Waals surface area contributed by atoms with Gasteiger partial charge in [-0.2, -0.15) is 0 Å². The summed E-state index contributed by atoms with van der Waals surface area (Å²) < 4.78 is 24.3. The predicted molar refractivity (Wildman–Crippen MR) is 167 cm³/mol. The van der Waals surface area contributed by atoms with Crippen LogP contribution >= 0.6 is 13.1 Å². The highest BCUT2D eigenvalue weighted by Gasteiger charge is 2.44. The first-order valence-corrected chi connectivity index (χ1v) is 20.6. The second kappa shape index (κ2) is 13.1. The molecule has 4 fully saturated rings. The second-order valence-electron chi connectivity index (χ2n) is 12.1. The van der Waals surface area contributed by atoms with E-state index in [0.717, 1.165) is 58.1 Å². The van der Waals surface area contributed by atoms with Crippen molar-refractivity contribution in [3.05, 3.63) is 24.0 Å². The van der Waals surface area contributed by atoms with Crippen LogP contribution in [0.1, 0.15) is 90.9 Å². The van der Waals surface area contributed by atoms with Crippen molar-refractivity contribution in [3.63, 3.8) is 0 Å². The first kappa shape index (κ1) is 29.9. The van der Waals surface area contributed by atoms with Gasteiger partial charge in [-0.15, -0.1) is 0 Å². The second-order valence-corrected chi connectivity index (χ2v) is 19.5. The molecule has 2 atom stereocenters. The van der Waals surface area contributed by atoms with E-state index in [4.69, 9.17) is 32.7 Å². The zero-order valence-corrected chi connectivity index (χ0v) is 27.2. The largest absolute Gasteiger partial charge is 0.441 e. The molecule has 2 unspecified atom stereocenters. The summed E-state index contributed by atoms with van der Waals surface area (Å²) in [6.07, 6.45) is 21.7. The van der Waals surface area contributed by atoms with Crippen LogP contribution in [-0.4, -0.2) is 76.6 Å². The average molecular weight is 601 g/mol. The van der Waals surface area contributed by atoms with Crippen molar-refractivity contribution in [1.29, 1.82) is 0 Å². The molecule has 5 rings (SSSR count). The van der Waals surface area contributed by atoms with Crippen molar-refractivity contribution in [1.82, 2.24) is 18.7 Å². The van der Waals surface area contributed by atoms with Crippen LogP contribution in [0.3, 0.4) is 0 Å². The lowest BCUT2D eigenvalue weighted by atomic mass is 9.87. The van der Waals surface area contributed by atoms with Crippen molar-refractivity contribution in [3.8, 4) is 0 Å². The first-order chi connectivity index (χ1) is 18.3. The molecule has 6 nitrogen and oxygen atoms in total. The number of nitrogens with zero attached hydrogens (tertiary/aromatic N) is 4. The van der Waals surface area contributed by atoms with Crippen LogP contribution in [-0.2, 0) is 32.7 Å². The van der Waals surface area contributed by atoms with Gasteiger partial charge in [-0.1, -0.05) is 32.6 Å². The fourth-order valence-corrected chi connectivity index (χ4v) is 14.7. The minimum absolute atomic E-state index is 0.158. The Bertz CT molecular complexity index is 911. The highest BCUT2D eigenvalue weighted by Crippen LogP contribution is 2.62. The van der Waals surface area contributed by atoms with Crippen LogP contribution in [0.2, 0.25) is 0 Å². The number of rotatable bonds is 8. The Morgan fingerprint density at radius 2 is 1.03 bits per heavy atom. The molecule has 5 aliphatic rings. The Morgan fingerprint density at radius 3 is 1.39 bits per heavy atom. The number of hydrogen-bond donors (Lipinski definition) is 0. The first-order valence-electron chi connectivity index (χ1n) is 15.4. The maximum absolute atomic E-state index is 7.22. The zero-order valence-electron chi connectivity index (χ0n) is 23.8. The molecule has 4 heterocycles. The fourth-order valence-electron chi connectivity index (χ4n) is 6.54. The monoisotopic (exact) mass is 600 g/mol. The molecular formula is C28H50N4O2P2S2. The van der Waals surface area contributed by atoms with Crippen molar-refractivity contribution in [2.24, 2.45) is 5.92 Å². The zero-order chi connectivity index (χ0) is 26.6. The molecule has 10 heteroatoms. The van der Waals surface area contributed by atoms with Gasteiger partial charge in [0.05, 0.1) is 5.60 Å². The van der Waals surface area contributed by atoms with Crippen LogP contribution in [0.5, 0.6) is 0 Å². The third kappa shape index (κ3) is 6.55. The molecule has 0 saturated carbocycles. The van der Waals surface area contributed by atoms with Gasteiger partial charge < -0.3 is 9.05 Å². The number of hydrogen-bond acceptors (Lipinski definition) is 4. The highest BCUT2D eigenvalue weighted by molar-refractivity contribution is 8.10. The Morgan fingerprint density at radius 1 is 0.658 bits per heavy atom. The summed E-state index contributed by atoms with van der Waals surface area (Å²) >= 11 is 13.1. The van der Waals surface area contributed by atoms with E-state index in [1.54, 1.807) is 0 Å². The summed E-state index contributed by atoms with van der Waals surface area (Å²) in [5, 5.41) is 0. The van der Waals surface area contributed by atoms with Gasteiger partial charge >= 0.3 is 0 Å². The molecule has 0 N–H and O–H groups in total. The maximum Gasteiger partial charge on any atom is 0.253 e. The van der Waals surface area contributed by atoms with E-state index in [0.29, 0.717) is 0 Å². The normalized spacial score (nSPS) is 31.7. The van der Waals surface area contributed by atoms with Crippen LogP contribution in [0.4, 0.5) is 0 Å². The van der Waals surface area contributed by atoms with Gasteiger partial charge in [-0.05, 0) is 100 Å². The van der Waals surface area contributed by atoms with Gasteiger partial charge in [0.25, 0.3) is 6.57 Å². The topological polar surface area (TPSA) is 31.4 Å². The van der Waals surface area contributed by atoms with E-state index in [1.807, 2.05) is 0 Å². The summed E-state index contributed by atoms with van der Waals surface area (Å²) in [7, 11) is 0. The Labute approximate surface area is 242 Å². The summed E-state index contributed by atoms with van der Waals surface area (Å²) in [6, 6.07) is 0. The molecular weight excluding hydrogens is 550 g/mol. The molecule has 0 aromatic rings. The van der Waals surface area contributed by atoms with Crippen LogP contribution < -0.4 is 0 Å². The minimum atomic E-state index is -2.30. The molecule has 0 spiro atoms. The highest BCUT2D eigenvalue weighted by atomic mass is 32.5. The molecule has 216 valence electrons. The SMILES string of the molecule is CC1C=C(OP(=S)(N2CCCCC2)N2CCCCC2)C=CC1(C)OP(=S)(N1CCCCC1)N1CCCCC1. The quantitative estimate of drug-likeness (QED) is 0.269. The van der Waals surface area contributed by atoms with Gasteiger partial charge in [-0.25, -0.2) is 18.7 Å². The van der Waals surface area contributed by atoms with Gasteiger partial charge in [0.1, 0.15) is 5.76 Å². The predicted octanol–water partition coefficient (Wildman–Crippen LogP) is 7.26. The van der Waals surface area contributed by atoms with Crippen molar-refractivity contribution < 1.29 is 9.05 Å². The lowest BCUT2D eigenvalue weighted by Crippen LogP contribution is -2.44. The third-order valence-electron chi connectivity index (χ3n) is 9.20. The maximum atomic E-state index is 7.22. The number of allylic oxidation sites excluding steroid dienone is 1. The smallest absolute Gasteiger partial charge is 0.253 e. The lowest BCUT2D eigenvalue weighted by Gasteiger charge is -2.49. The molecule has 4 aliphatic heterocycles. The molecule has 1 aliphatic carbocycles. The lowest BCUT2D eigenvalue weighted by molar-refractivity contribution is 0.0822. The van der Waals surface area contributed by atoms with Crippen LogP contribution in [0.25, 0.3) is 0 Å². The van der Waals surface area contributed by atoms with Gasteiger partial charge in [-0.3, -0.25) is 0 Å². The molecule has 4 saturated heterocycles. The van der Waals surface area contributed by atoms with E-state index < -0.39 is 18.7 Å². The van der Waals surface area contributed by atoms with Gasteiger partial charge in [0, 0.05) is 58.3 Å². The third-order valence-corrected chi connectivity index (χ3v) is 18.0. The molecule has 0 bridgehead atoms. The Kier molecular flexibility index (Phi) is 10.3. The van der Waals surface area contributed by atoms with Crippen LogP contribution in [0.15, 0.2) is 24.0 Å². The molecule has 0 aromatic heterocycles. The Balaban J connectivity index is 1.35. The molecule has 0 amide bonds. The molecule has 0 radical (unpaired) electrons. The summed E-state index contributed by atoms with van der Waals surface area (Å²) in [6.45, 7) is 8.47. The van der Waals surface area contributed by atoms with E-state index >= 15 is 0 Å². The van der Waals surface area contributed by atoms with E-state index in [2.05, 4.69) is 50.8 Å². The standard InChI is InChI=1S/C28H50N4O2P2S2/c1-26-25-27(33-35(37,29-17-7-3-8-18-29)30-19-9-4-10-20-30)15-16-28(26,2)34-36(38,31-21-11-5-12-22-31)32-23-13-6-14-24-32/h15-16,25-26H,3-14,17-24H2,1-2H3. The van der Waals surface area contributed by atoms with E-state index in [9.17, 15) is 0 Å². The van der Waals surface area contributed by atoms with E-state index in [1.165, 1.54) is 77.0 Å². The van der Waals surface area contributed by atoms with Crippen molar-refractivity contribution in [2.45, 2.75) is 96.5 Å². The molecule has 0 aromatic carbocycles. The van der Waals surface area contributed by atoms with Gasteiger partial charge in [0.2, 0.25) is 6.57 Å². The van der Waals surface area contributed by atoms with Crippen molar-refractivity contribution >= 4 is 36.7 Å². The minimum Gasteiger partial charge on any atom is -0.441 e. The summed E-state index contributed by atoms with van der Waals surface area (Å²) in [4.78, 5) is 0. The Hall–Kier alpha value is 0.380. The number of piperidine rings is 4. The summed E-state index contributed by atoms with van der Waals surface area (Å²) in [5.74, 6) is 1.09. The molecule has 38 heavy (non-hydrogen) atoms. The summed E-state index contributed by atoms with van der Waals surface area (Å²) in [5.41, 5.74) is -0.448. The average Bonchev–Trinajstić information content (AvgIpc) is 2.97. The van der Waals surface area contributed by atoms with Gasteiger partial charge in [0.15, 0.2) is 0 Å². The van der Waals surface area contributed by atoms with E-state index in [-0.39, 0.29) is 5.92 Å². The van der Waals surface area contributed by atoms with Crippen molar-refractivity contribution in [2.75, 3.05) is 52.4 Å².